The molecule has 0 saturated carbocycles. The molecule has 0 amide bonds. The fraction of sp³-hybridized carbons (Fsp3) is 0.375. The molecule has 8 heteroatoms. The summed E-state index contributed by atoms with van der Waals surface area (Å²) in [7, 11) is 0. The number of hydrogen-bond donors (Lipinski definition) is 1. The zero-order valence-electron chi connectivity index (χ0n) is 13.5. The van der Waals surface area contributed by atoms with Crippen molar-refractivity contribution in [3.05, 3.63) is 52.2 Å². The van der Waals surface area contributed by atoms with E-state index in [1.54, 1.807) is 22.8 Å². The smallest absolute Gasteiger partial charge is 0.267 e. The van der Waals surface area contributed by atoms with E-state index >= 15 is 0 Å². The van der Waals surface area contributed by atoms with Crippen LogP contribution in [0.2, 0.25) is 0 Å². The summed E-state index contributed by atoms with van der Waals surface area (Å²) in [5.41, 5.74) is 2.35. The van der Waals surface area contributed by atoms with Crippen LogP contribution < -0.4 is 10.9 Å². The Balaban J connectivity index is 1.69. The molecular weight excluding hydrogens is 308 g/mol. The SMILES string of the molecule is Cc1cc(NC2COCC2n2nc(C)ccc2=O)n2nccc2n1. The summed E-state index contributed by atoms with van der Waals surface area (Å²) in [6.45, 7) is 4.75. The summed E-state index contributed by atoms with van der Waals surface area (Å²) in [6.07, 6.45) is 1.71. The molecule has 4 heterocycles. The van der Waals surface area contributed by atoms with Crippen molar-refractivity contribution >= 4 is 11.5 Å². The van der Waals surface area contributed by atoms with Gasteiger partial charge in [0.25, 0.3) is 5.56 Å². The number of anilines is 1. The number of fused-ring (bicyclic) bond motifs is 1. The molecule has 4 rings (SSSR count). The normalized spacial score (nSPS) is 20.6. The molecule has 0 aromatic carbocycles. The molecule has 3 aromatic heterocycles. The monoisotopic (exact) mass is 326 g/mol. The molecule has 8 nitrogen and oxygen atoms in total. The van der Waals surface area contributed by atoms with E-state index in [0.717, 1.165) is 22.9 Å². The second kappa shape index (κ2) is 5.72. The van der Waals surface area contributed by atoms with E-state index in [9.17, 15) is 4.79 Å². The van der Waals surface area contributed by atoms with Gasteiger partial charge in [-0.1, -0.05) is 0 Å². The average molecular weight is 326 g/mol. The summed E-state index contributed by atoms with van der Waals surface area (Å²) in [4.78, 5) is 16.6. The molecule has 0 spiro atoms. The minimum absolute atomic E-state index is 0.0776. The lowest BCUT2D eigenvalue weighted by molar-refractivity contribution is 0.182. The number of aromatic nitrogens is 5. The van der Waals surface area contributed by atoms with Gasteiger partial charge < -0.3 is 10.1 Å². The highest BCUT2D eigenvalue weighted by Gasteiger charge is 2.32. The molecule has 0 radical (unpaired) electrons. The van der Waals surface area contributed by atoms with Crippen molar-refractivity contribution < 1.29 is 4.74 Å². The molecule has 24 heavy (non-hydrogen) atoms. The first-order valence-corrected chi connectivity index (χ1v) is 7.84. The van der Waals surface area contributed by atoms with E-state index in [0.29, 0.717) is 13.2 Å². The van der Waals surface area contributed by atoms with Gasteiger partial charge in [-0.05, 0) is 19.9 Å². The molecule has 2 atom stereocenters. The van der Waals surface area contributed by atoms with E-state index in [1.807, 2.05) is 26.0 Å². The summed E-state index contributed by atoms with van der Waals surface area (Å²) in [5, 5.41) is 12.1. The zero-order valence-corrected chi connectivity index (χ0v) is 13.5. The highest BCUT2D eigenvalue weighted by Crippen LogP contribution is 2.22. The molecule has 0 bridgehead atoms. The summed E-state index contributed by atoms with van der Waals surface area (Å²) >= 11 is 0. The van der Waals surface area contributed by atoms with Crippen LogP contribution in [0, 0.1) is 13.8 Å². The van der Waals surface area contributed by atoms with Crippen molar-refractivity contribution in [3.8, 4) is 0 Å². The molecule has 124 valence electrons. The van der Waals surface area contributed by atoms with Crippen LogP contribution in [0.25, 0.3) is 5.65 Å². The third kappa shape index (κ3) is 2.54. The van der Waals surface area contributed by atoms with Gasteiger partial charge in [0.05, 0.1) is 31.1 Å². The molecule has 1 N–H and O–H groups in total. The van der Waals surface area contributed by atoms with Crippen molar-refractivity contribution in [2.75, 3.05) is 18.5 Å². The van der Waals surface area contributed by atoms with Gasteiger partial charge in [-0.2, -0.15) is 14.7 Å². The van der Waals surface area contributed by atoms with Gasteiger partial charge in [0.15, 0.2) is 5.65 Å². The van der Waals surface area contributed by atoms with Gasteiger partial charge in [0, 0.05) is 23.9 Å². The van der Waals surface area contributed by atoms with Gasteiger partial charge in [0.1, 0.15) is 11.9 Å². The highest BCUT2D eigenvalue weighted by molar-refractivity contribution is 5.49. The maximum absolute atomic E-state index is 12.2. The topological polar surface area (TPSA) is 86.3 Å². The number of rotatable bonds is 3. The summed E-state index contributed by atoms with van der Waals surface area (Å²) in [6, 6.07) is 6.80. The minimum atomic E-state index is -0.170. The van der Waals surface area contributed by atoms with Crippen molar-refractivity contribution in [2.45, 2.75) is 25.9 Å². The quantitative estimate of drug-likeness (QED) is 0.771. The largest absolute Gasteiger partial charge is 0.377 e. The predicted molar refractivity (Wildman–Crippen MR) is 88.2 cm³/mol. The molecule has 1 saturated heterocycles. The van der Waals surface area contributed by atoms with Crippen molar-refractivity contribution in [2.24, 2.45) is 0 Å². The lowest BCUT2D eigenvalue weighted by Gasteiger charge is -2.21. The van der Waals surface area contributed by atoms with Crippen LogP contribution >= 0.6 is 0 Å². The van der Waals surface area contributed by atoms with Crippen molar-refractivity contribution in [3.63, 3.8) is 0 Å². The number of hydrogen-bond acceptors (Lipinski definition) is 6. The van der Waals surface area contributed by atoms with E-state index in [-0.39, 0.29) is 17.6 Å². The predicted octanol–water partition coefficient (Wildman–Crippen LogP) is 0.955. The number of nitrogens with zero attached hydrogens (tertiary/aromatic N) is 5. The fourth-order valence-corrected chi connectivity index (χ4v) is 3.01. The van der Waals surface area contributed by atoms with Gasteiger partial charge in [-0.15, -0.1) is 0 Å². The van der Waals surface area contributed by atoms with E-state index in [2.05, 4.69) is 20.5 Å². The first-order valence-electron chi connectivity index (χ1n) is 7.84. The van der Waals surface area contributed by atoms with Crippen molar-refractivity contribution in [1.29, 1.82) is 0 Å². The average Bonchev–Trinajstić information content (AvgIpc) is 3.18. The number of nitrogens with one attached hydrogen (secondary N) is 1. The summed E-state index contributed by atoms with van der Waals surface area (Å²) < 4.78 is 8.86. The van der Waals surface area contributed by atoms with Crippen LogP contribution in [0.5, 0.6) is 0 Å². The number of ether oxygens (including phenoxy) is 1. The standard InChI is InChI=1S/C16H18N6O2/c1-10-3-4-16(23)21(20-10)13-9-24-8-12(13)19-15-7-11(2)18-14-5-6-17-22(14)15/h3-7,12-13,19H,8-9H2,1-2H3. The molecule has 0 aliphatic carbocycles. The van der Waals surface area contributed by atoms with Gasteiger partial charge in [-0.25, -0.2) is 9.67 Å². The van der Waals surface area contributed by atoms with Gasteiger partial charge in [-0.3, -0.25) is 4.79 Å². The Bertz CT molecular complexity index is 947. The molecule has 1 aliphatic rings. The van der Waals surface area contributed by atoms with Crippen molar-refractivity contribution in [1.82, 2.24) is 24.4 Å². The molecule has 1 fully saturated rings. The van der Waals surface area contributed by atoms with E-state index in [4.69, 9.17) is 4.74 Å². The van der Waals surface area contributed by atoms with Gasteiger partial charge in [0.2, 0.25) is 0 Å². The maximum Gasteiger partial charge on any atom is 0.267 e. The minimum Gasteiger partial charge on any atom is -0.377 e. The van der Waals surface area contributed by atoms with Crippen LogP contribution in [-0.2, 0) is 4.74 Å². The Hall–Kier alpha value is -2.74. The van der Waals surface area contributed by atoms with Crippen LogP contribution in [-0.4, -0.2) is 43.6 Å². The Kier molecular flexibility index (Phi) is 3.53. The van der Waals surface area contributed by atoms with Gasteiger partial charge >= 0.3 is 0 Å². The maximum atomic E-state index is 12.2. The van der Waals surface area contributed by atoms with E-state index in [1.165, 1.54) is 4.68 Å². The number of aryl methyl sites for hydroxylation is 2. The second-order valence-electron chi connectivity index (χ2n) is 6.00. The third-order valence-electron chi connectivity index (χ3n) is 4.14. The molecule has 1 aliphatic heterocycles. The fourth-order valence-electron chi connectivity index (χ4n) is 3.01. The second-order valence-corrected chi connectivity index (χ2v) is 6.00. The summed E-state index contributed by atoms with van der Waals surface area (Å²) in [5.74, 6) is 0.823. The third-order valence-corrected chi connectivity index (χ3v) is 4.14. The lowest BCUT2D eigenvalue weighted by atomic mass is 10.1. The Morgan fingerprint density at radius 2 is 2.08 bits per heavy atom. The molecule has 2 unspecified atom stereocenters. The van der Waals surface area contributed by atoms with Crippen LogP contribution in [0.4, 0.5) is 5.82 Å². The first kappa shape index (κ1) is 14.8. The van der Waals surface area contributed by atoms with Crippen LogP contribution in [0.3, 0.4) is 0 Å². The Labute approximate surface area is 138 Å². The van der Waals surface area contributed by atoms with Crippen LogP contribution in [0.15, 0.2) is 35.3 Å². The van der Waals surface area contributed by atoms with E-state index < -0.39 is 0 Å². The first-order chi connectivity index (χ1) is 11.6. The Morgan fingerprint density at radius 1 is 1.21 bits per heavy atom. The Morgan fingerprint density at radius 3 is 2.96 bits per heavy atom. The lowest BCUT2D eigenvalue weighted by Crippen LogP contribution is -2.37. The highest BCUT2D eigenvalue weighted by atomic mass is 16.5. The van der Waals surface area contributed by atoms with Crippen LogP contribution in [0.1, 0.15) is 17.4 Å². The molecular formula is C16H18N6O2. The molecule has 3 aromatic rings. The zero-order chi connectivity index (χ0) is 16.7.